The van der Waals surface area contributed by atoms with Crippen LogP contribution in [0.25, 0.3) is 0 Å². The summed E-state index contributed by atoms with van der Waals surface area (Å²) in [6.07, 6.45) is 0.583. The van der Waals surface area contributed by atoms with Crippen LogP contribution in [0.3, 0.4) is 0 Å². The fourth-order valence-corrected chi connectivity index (χ4v) is 4.09. The fraction of sp³-hybridized carbons (Fsp3) is 0.368. The van der Waals surface area contributed by atoms with Gasteiger partial charge in [0.2, 0.25) is 10.0 Å². The van der Waals surface area contributed by atoms with Crippen molar-refractivity contribution < 1.29 is 17.9 Å². The van der Waals surface area contributed by atoms with Gasteiger partial charge in [0.1, 0.15) is 0 Å². The summed E-state index contributed by atoms with van der Waals surface area (Å²) in [4.78, 5) is 0.141. The van der Waals surface area contributed by atoms with Crippen LogP contribution in [0.5, 0.6) is 11.5 Å². The summed E-state index contributed by atoms with van der Waals surface area (Å²) in [6.45, 7) is 5.75. The van der Waals surface area contributed by atoms with Crippen molar-refractivity contribution in [1.82, 2.24) is 4.72 Å². The molecular formula is C19H25NO4S. The first kappa shape index (κ1) is 19.3. The highest BCUT2D eigenvalue weighted by molar-refractivity contribution is 7.89. The molecule has 0 bridgehead atoms. The summed E-state index contributed by atoms with van der Waals surface area (Å²) in [5.74, 6) is 0.863. The van der Waals surface area contributed by atoms with E-state index >= 15 is 0 Å². The van der Waals surface area contributed by atoms with Crippen molar-refractivity contribution in [3.63, 3.8) is 0 Å². The van der Waals surface area contributed by atoms with E-state index in [9.17, 15) is 8.42 Å². The minimum absolute atomic E-state index is 0.141. The SMILES string of the molecule is COc1ccc(S(=O)(=O)NC(C)(C)Cc2ccc(C)cc2)cc1OC. The van der Waals surface area contributed by atoms with Gasteiger partial charge in [0.25, 0.3) is 0 Å². The Morgan fingerprint density at radius 2 is 1.56 bits per heavy atom. The Hall–Kier alpha value is -2.05. The van der Waals surface area contributed by atoms with Crippen LogP contribution < -0.4 is 14.2 Å². The quantitative estimate of drug-likeness (QED) is 0.820. The topological polar surface area (TPSA) is 64.6 Å². The number of aryl methyl sites for hydroxylation is 1. The number of rotatable bonds is 7. The standard InChI is InChI=1S/C19H25NO4S/c1-14-6-8-15(9-7-14)13-19(2,3)20-25(21,22)16-10-11-17(23-4)18(12-16)24-5/h6-12,20H,13H2,1-5H3. The molecule has 0 aliphatic carbocycles. The summed E-state index contributed by atoms with van der Waals surface area (Å²) in [6, 6.07) is 12.6. The molecule has 2 aromatic rings. The van der Waals surface area contributed by atoms with Crippen molar-refractivity contribution in [2.45, 2.75) is 37.6 Å². The summed E-state index contributed by atoms with van der Waals surface area (Å²) >= 11 is 0. The smallest absolute Gasteiger partial charge is 0.241 e. The van der Waals surface area contributed by atoms with Crippen LogP contribution in [0.4, 0.5) is 0 Å². The Kier molecular flexibility index (Phi) is 5.75. The highest BCUT2D eigenvalue weighted by Crippen LogP contribution is 2.30. The lowest BCUT2D eigenvalue weighted by Gasteiger charge is -2.26. The maximum absolute atomic E-state index is 12.8. The van der Waals surface area contributed by atoms with Gasteiger partial charge in [0.05, 0.1) is 19.1 Å². The second kappa shape index (κ2) is 7.45. The summed E-state index contributed by atoms with van der Waals surface area (Å²) < 4.78 is 38.6. The first-order valence-corrected chi connectivity index (χ1v) is 9.47. The molecule has 0 radical (unpaired) electrons. The number of hydrogen-bond acceptors (Lipinski definition) is 4. The monoisotopic (exact) mass is 363 g/mol. The van der Waals surface area contributed by atoms with Crippen LogP contribution >= 0.6 is 0 Å². The highest BCUT2D eigenvalue weighted by atomic mass is 32.2. The van der Waals surface area contributed by atoms with E-state index in [1.165, 1.54) is 31.9 Å². The van der Waals surface area contributed by atoms with Crippen molar-refractivity contribution in [3.05, 3.63) is 53.6 Å². The molecule has 0 heterocycles. The van der Waals surface area contributed by atoms with E-state index in [0.717, 1.165) is 5.56 Å². The van der Waals surface area contributed by atoms with Crippen molar-refractivity contribution in [2.75, 3.05) is 14.2 Å². The Morgan fingerprint density at radius 3 is 2.12 bits per heavy atom. The fourth-order valence-electron chi connectivity index (χ4n) is 2.66. The Morgan fingerprint density at radius 1 is 0.960 bits per heavy atom. The first-order valence-electron chi connectivity index (χ1n) is 7.98. The normalized spacial score (nSPS) is 12.0. The average Bonchev–Trinajstić information content (AvgIpc) is 2.55. The van der Waals surface area contributed by atoms with Crippen molar-refractivity contribution >= 4 is 10.0 Å². The number of sulfonamides is 1. The molecule has 1 N–H and O–H groups in total. The molecule has 0 amide bonds. The van der Waals surface area contributed by atoms with Crippen LogP contribution in [-0.4, -0.2) is 28.2 Å². The largest absolute Gasteiger partial charge is 0.493 e. The molecular weight excluding hydrogens is 338 g/mol. The van der Waals surface area contributed by atoms with E-state index < -0.39 is 15.6 Å². The molecule has 0 spiro atoms. The minimum Gasteiger partial charge on any atom is -0.493 e. The molecule has 0 aromatic heterocycles. The van der Waals surface area contributed by atoms with Gasteiger partial charge in [-0.2, -0.15) is 0 Å². The maximum Gasteiger partial charge on any atom is 0.241 e. The van der Waals surface area contributed by atoms with Gasteiger partial charge in [-0.3, -0.25) is 0 Å². The molecule has 0 saturated heterocycles. The number of hydrogen-bond donors (Lipinski definition) is 1. The number of methoxy groups -OCH3 is 2. The molecule has 0 aliphatic heterocycles. The zero-order valence-corrected chi connectivity index (χ0v) is 16.1. The molecule has 0 unspecified atom stereocenters. The van der Waals surface area contributed by atoms with Crippen LogP contribution in [-0.2, 0) is 16.4 Å². The molecule has 5 nitrogen and oxygen atoms in total. The molecule has 136 valence electrons. The first-order chi connectivity index (χ1) is 11.7. The molecule has 2 aromatic carbocycles. The molecule has 2 rings (SSSR count). The lowest BCUT2D eigenvalue weighted by Crippen LogP contribution is -2.45. The molecule has 0 aliphatic rings. The van der Waals surface area contributed by atoms with Crippen molar-refractivity contribution in [3.8, 4) is 11.5 Å². The lowest BCUT2D eigenvalue weighted by atomic mass is 9.96. The molecule has 6 heteroatoms. The van der Waals surface area contributed by atoms with E-state index in [0.29, 0.717) is 17.9 Å². The molecule has 0 fully saturated rings. The van der Waals surface area contributed by atoms with Gasteiger partial charge in [0, 0.05) is 11.6 Å². The molecule has 25 heavy (non-hydrogen) atoms. The van der Waals surface area contributed by atoms with Gasteiger partial charge < -0.3 is 9.47 Å². The van der Waals surface area contributed by atoms with Gasteiger partial charge in [0.15, 0.2) is 11.5 Å². The number of nitrogens with one attached hydrogen (secondary N) is 1. The van der Waals surface area contributed by atoms with E-state index in [1.807, 2.05) is 45.0 Å². The second-order valence-electron chi connectivity index (χ2n) is 6.67. The van der Waals surface area contributed by atoms with Crippen molar-refractivity contribution in [2.24, 2.45) is 0 Å². The lowest BCUT2D eigenvalue weighted by molar-refractivity contribution is 0.353. The van der Waals surface area contributed by atoms with Crippen molar-refractivity contribution in [1.29, 1.82) is 0 Å². The Balaban J connectivity index is 2.23. The Bertz CT molecular complexity index is 827. The van der Waals surface area contributed by atoms with E-state index in [4.69, 9.17) is 9.47 Å². The van der Waals surface area contributed by atoms with Gasteiger partial charge in [-0.25, -0.2) is 13.1 Å². The predicted octanol–water partition coefficient (Wildman–Crippen LogP) is 3.31. The predicted molar refractivity (Wildman–Crippen MR) is 98.8 cm³/mol. The van der Waals surface area contributed by atoms with Gasteiger partial charge in [-0.15, -0.1) is 0 Å². The van der Waals surface area contributed by atoms with E-state index in [1.54, 1.807) is 6.07 Å². The van der Waals surface area contributed by atoms with Gasteiger partial charge in [-0.1, -0.05) is 29.8 Å². The molecule has 0 saturated carbocycles. The number of benzene rings is 2. The average molecular weight is 363 g/mol. The highest BCUT2D eigenvalue weighted by Gasteiger charge is 2.27. The third kappa shape index (κ3) is 4.96. The van der Waals surface area contributed by atoms with Crippen LogP contribution in [0.1, 0.15) is 25.0 Å². The summed E-state index contributed by atoms with van der Waals surface area (Å²) in [7, 11) is -0.705. The van der Waals surface area contributed by atoms with Crippen LogP contribution in [0.2, 0.25) is 0 Å². The van der Waals surface area contributed by atoms with Gasteiger partial charge >= 0.3 is 0 Å². The third-order valence-corrected chi connectivity index (χ3v) is 5.54. The zero-order chi connectivity index (χ0) is 18.7. The molecule has 0 atom stereocenters. The zero-order valence-electron chi connectivity index (χ0n) is 15.3. The maximum atomic E-state index is 12.8. The summed E-state index contributed by atoms with van der Waals surface area (Å²) in [5.41, 5.74) is 1.61. The number of ether oxygens (including phenoxy) is 2. The van der Waals surface area contributed by atoms with Crippen LogP contribution in [0, 0.1) is 6.92 Å². The second-order valence-corrected chi connectivity index (χ2v) is 8.35. The minimum atomic E-state index is -3.69. The van der Waals surface area contributed by atoms with Crippen LogP contribution in [0.15, 0.2) is 47.4 Å². The van der Waals surface area contributed by atoms with Gasteiger partial charge in [-0.05, 0) is 44.9 Å². The summed E-state index contributed by atoms with van der Waals surface area (Å²) in [5, 5.41) is 0. The van der Waals surface area contributed by atoms with E-state index in [2.05, 4.69) is 4.72 Å². The third-order valence-electron chi connectivity index (χ3n) is 3.84. The van der Waals surface area contributed by atoms with E-state index in [-0.39, 0.29) is 4.90 Å². The Labute approximate surface area is 150 Å².